The number of carboxylic acid groups (broad SMARTS) is 1. The molecular weight excluding hydrogens is 530 g/mol. The summed E-state index contributed by atoms with van der Waals surface area (Å²) < 4.78 is 20.6. The van der Waals surface area contributed by atoms with Crippen molar-refractivity contribution in [2.75, 3.05) is 25.0 Å². The first-order chi connectivity index (χ1) is 17.2. The Bertz CT molecular complexity index is 1270. The average molecular weight is 555 g/mol. The largest absolute Gasteiger partial charge is 0.486 e. The van der Waals surface area contributed by atoms with Gasteiger partial charge >= 0.3 is 12.1 Å². The number of ether oxygens (including phenoxy) is 1. The first-order valence-electron chi connectivity index (χ1n) is 11.4. The summed E-state index contributed by atoms with van der Waals surface area (Å²) in [6.45, 7) is 3.29. The van der Waals surface area contributed by atoms with Crippen LogP contribution in [0.2, 0.25) is 10.0 Å². The van der Waals surface area contributed by atoms with Gasteiger partial charge in [-0.1, -0.05) is 34.5 Å². The van der Waals surface area contributed by atoms with Gasteiger partial charge in [0.2, 0.25) is 0 Å². The molecule has 4 rings (SSSR count). The van der Waals surface area contributed by atoms with E-state index < -0.39 is 18.0 Å². The zero-order valence-electron chi connectivity index (χ0n) is 19.4. The van der Waals surface area contributed by atoms with Gasteiger partial charge in [-0.3, -0.25) is 5.32 Å². The normalized spacial score (nSPS) is 15.1. The molecule has 1 saturated heterocycles. The third-order valence-electron chi connectivity index (χ3n) is 6.10. The van der Waals surface area contributed by atoms with Gasteiger partial charge in [0.25, 0.3) is 0 Å². The Morgan fingerprint density at radius 2 is 2.03 bits per heavy atom. The van der Waals surface area contributed by atoms with Crippen molar-refractivity contribution in [1.29, 1.82) is 0 Å². The molecule has 0 aliphatic carbocycles. The molecule has 1 fully saturated rings. The van der Waals surface area contributed by atoms with E-state index in [1.54, 1.807) is 25.1 Å². The topological polar surface area (TPSA) is 104 Å². The van der Waals surface area contributed by atoms with Crippen LogP contribution in [0.5, 0.6) is 5.75 Å². The smallest absolute Gasteiger partial charge is 0.407 e. The number of anilines is 1. The first kappa shape index (κ1) is 26.2. The molecule has 192 valence electrons. The number of nitrogens with one attached hydrogen (secondary N) is 2. The summed E-state index contributed by atoms with van der Waals surface area (Å²) in [5, 5.41) is 15.3. The Labute approximate surface area is 221 Å². The lowest BCUT2D eigenvalue weighted by Crippen LogP contribution is -2.38. The lowest BCUT2D eigenvalue weighted by Gasteiger charge is -2.29. The zero-order valence-corrected chi connectivity index (χ0v) is 21.7. The lowest BCUT2D eigenvalue weighted by atomic mass is 9.94. The molecule has 3 amide bonds. The third-order valence-corrected chi connectivity index (χ3v) is 7.75. The summed E-state index contributed by atoms with van der Waals surface area (Å²) in [4.78, 5) is 29.2. The quantitative estimate of drug-likeness (QED) is 0.279. The number of hydrogen-bond donors (Lipinski definition) is 3. The molecule has 0 saturated carbocycles. The number of piperidine rings is 1. The molecule has 2 heterocycles. The molecule has 1 aromatic heterocycles. The molecule has 1 aliphatic heterocycles. The summed E-state index contributed by atoms with van der Waals surface area (Å²) in [5.41, 5.74) is 1.07. The summed E-state index contributed by atoms with van der Waals surface area (Å²) >= 11 is 13.6. The van der Waals surface area contributed by atoms with Crippen LogP contribution < -0.4 is 15.4 Å². The van der Waals surface area contributed by atoms with Gasteiger partial charge in [-0.15, -0.1) is 0 Å². The van der Waals surface area contributed by atoms with Crippen molar-refractivity contribution in [2.24, 2.45) is 5.92 Å². The van der Waals surface area contributed by atoms with Gasteiger partial charge in [0.1, 0.15) is 17.7 Å². The first-order valence-corrected chi connectivity index (χ1v) is 13.0. The van der Waals surface area contributed by atoms with Gasteiger partial charge in [0, 0.05) is 30.2 Å². The Morgan fingerprint density at radius 1 is 1.28 bits per heavy atom. The summed E-state index contributed by atoms with van der Waals surface area (Å²) in [7, 11) is 0. The summed E-state index contributed by atoms with van der Waals surface area (Å²) in [6, 6.07) is 7.60. The van der Waals surface area contributed by atoms with Crippen molar-refractivity contribution in [1.82, 2.24) is 15.2 Å². The number of nitrogens with zero attached hydrogens (tertiary/aromatic N) is 2. The van der Waals surface area contributed by atoms with Crippen molar-refractivity contribution in [2.45, 2.75) is 32.3 Å². The number of hydrogen-bond acceptors (Lipinski definition) is 5. The minimum absolute atomic E-state index is 0.0721. The molecular formula is C24H25Cl2FN4O4S. The van der Waals surface area contributed by atoms with Crippen molar-refractivity contribution < 1.29 is 23.8 Å². The molecule has 0 spiro atoms. The predicted molar refractivity (Wildman–Crippen MR) is 139 cm³/mol. The van der Waals surface area contributed by atoms with E-state index in [0.717, 1.165) is 24.0 Å². The molecule has 36 heavy (non-hydrogen) atoms. The van der Waals surface area contributed by atoms with Crippen LogP contribution in [0.1, 0.15) is 37.9 Å². The van der Waals surface area contributed by atoms with E-state index in [1.165, 1.54) is 28.4 Å². The van der Waals surface area contributed by atoms with Gasteiger partial charge in [-0.2, -0.15) is 0 Å². The second-order valence-corrected chi connectivity index (χ2v) is 10.4. The zero-order chi connectivity index (χ0) is 25.8. The molecule has 1 aliphatic rings. The number of benzene rings is 2. The summed E-state index contributed by atoms with van der Waals surface area (Å²) in [6.07, 6.45) is 0.919. The van der Waals surface area contributed by atoms with E-state index in [-0.39, 0.29) is 11.1 Å². The molecule has 2 aromatic carbocycles. The van der Waals surface area contributed by atoms with E-state index >= 15 is 0 Å². The Morgan fingerprint density at radius 3 is 2.75 bits per heavy atom. The van der Waals surface area contributed by atoms with Crippen LogP contribution >= 0.6 is 34.5 Å². The van der Waals surface area contributed by atoms with Crippen molar-refractivity contribution in [3.8, 4) is 5.75 Å². The lowest BCUT2D eigenvalue weighted by molar-refractivity contribution is 0.123. The highest BCUT2D eigenvalue weighted by molar-refractivity contribution is 7.22. The maximum Gasteiger partial charge on any atom is 0.407 e. The number of carbonyl (C=O) groups excluding carboxylic acids is 1. The molecule has 8 nitrogen and oxygen atoms in total. The second-order valence-electron chi connectivity index (χ2n) is 8.55. The number of urea groups is 1. The predicted octanol–water partition coefficient (Wildman–Crippen LogP) is 6.78. The van der Waals surface area contributed by atoms with E-state index in [1.807, 2.05) is 0 Å². The average Bonchev–Trinajstić information content (AvgIpc) is 3.23. The van der Waals surface area contributed by atoms with Gasteiger partial charge in [0.05, 0.1) is 15.2 Å². The molecule has 12 heteroatoms. The molecule has 3 aromatic rings. The number of thiazole rings is 1. The van der Waals surface area contributed by atoms with Crippen LogP contribution in [0.4, 0.5) is 19.1 Å². The van der Waals surface area contributed by atoms with Crippen molar-refractivity contribution in [3.63, 3.8) is 0 Å². The fraction of sp³-hybridized carbons (Fsp3) is 0.375. The number of fused-ring (bicyclic) bond motifs is 1. The molecule has 1 unspecified atom stereocenters. The highest BCUT2D eigenvalue weighted by Crippen LogP contribution is 2.36. The van der Waals surface area contributed by atoms with E-state index in [0.29, 0.717) is 52.5 Å². The Kier molecular flexibility index (Phi) is 8.38. The molecule has 1 atom stereocenters. The Hall–Kier alpha value is -2.82. The van der Waals surface area contributed by atoms with Crippen LogP contribution in [-0.2, 0) is 0 Å². The maximum absolute atomic E-state index is 13.9. The SMILES string of the molecule is CC(Oc1ccc2nc(NC(=O)NCCC3CCN(C(=O)O)CC3)sc2c1)c1c(Cl)ccc(F)c1Cl. The number of aromatic nitrogens is 1. The second kappa shape index (κ2) is 11.5. The monoisotopic (exact) mass is 554 g/mol. The molecule has 0 radical (unpaired) electrons. The van der Waals surface area contributed by atoms with Crippen LogP contribution in [0.3, 0.4) is 0 Å². The number of rotatable bonds is 7. The van der Waals surface area contributed by atoms with Gasteiger partial charge < -0.3 is 20.1 Å². The van der Waals surface area contributed by atoms with E-state index in [9.17, 15) is 14.0 Å². The van der Waals surface area contributed by atoms with Crippen LogP contribution in [-0.4, -0.2) is 46.7 Å². The van der Waals surface area contributed by atoms with Crippen LogP contribution in [0.15, 0.2) is 30.3 Å². The van der Waals surface area contributed by atoms with E-state index in [2.05, 4.69) is 15.6 Å². The summed E-state index contributed by atoms with van der Waals surface area (Å²) in [5.74, 6) is 0.350. The van der Waals surface area contributed by atoms with Gasteiger partial charge in [-0.05, 0) is 62.4 Å². The standard InChI is InChI=1S/C24H25Cl2FN4O4S/c1-13(20-16(25)3-4-17(27)21(20)26)35-15-2-5-18-19(12-15)36-23(29-18)30-22(32)28-9-6-14-7-10-31(11-8-14)24(33)34/h2-5,12-14H,6-11H2,1H3,(H,33,34)(H2,28,29,30,32). The maximum atomic E-state index is 13.9. The number of amides is 3. The van der Waals surface area contributed by atoms with Crippen molar-refractivity contribution in [3.05, 3.63) is 51.8 Å². The fourth-order valence-electron chi connectivity index (χ4n) is 4.15. The van der Waals surface area contributed by atoms with Crippen molar-refractivity contribution >= 4 is 62.0 Å². The minimum Gasteiger partial charge on any atom is -0.486 e. The highest BCUT2D eigenvalue weighted by atomic mass is 35.5. The fourth-order valence-corrected chi connectivity index (χ4v) is 5.72. The number of carbonyl (C=O) groups is 2. The highest BCUT2D eigenvalue weighted by Gasteiger charge is 2.22. The van der Waals surface area contributed by atoms with E-state index in [4.69, 9.17) is 33.0 Å². The Balaban J connectivity index is 1.30. The number of halogens is 3. The molecule has 3 N–H and O–H groups in total. The van der Waals surface area contributed by atoms with Crippen LogP contribution in [0, 0.1) is 11.7 Å². The third kappa shape index (κ3) is 6.29. The van der Waals surface area contributed by atoms with Crippen LogP contribution in [0.25, 0.3) is 10.2 Å². The van der Waals surface area contributed by atoms with Gasteiger partial charge in [-0.25, -0.2) is 19.0 Å². The minimum atomic E-state index is -0.879. The molecule has 0 bridgehead atoms. The number of likely N-dealkylation sites (tertiary alicyclic amines) is 1. The van der Waals surface area contributed by atoms with Gasteiger partial charge in [0.15, 0.2) is 5.13 Å².